The predicted octanol–water partition coefficient (Wildman–Crippen LogP) is 4.88. The van der Waals surface area contributed by atoms with Crippen molar-refractivity contribution in [2.24, 2.45) is 0 Å². The molecule has 0 aliphatic rings. The maximum absolute atomic E-state index is 13.8. The molecule has 1 heterocycles. The van der Waals surface area contributed by atoms with Crippen LogP contribution in [-0.4, -0.2) is 0 Å². The zero-order valence-electron chi connectivity index (χ0n) is 9.18. The number of para-hydroxylation sites is 1. The van der Waals surface area contributed by atoms with Crippen LogP contribution in [0.25, 0.3) is 21.9 Å². The van der Waals surface area contributed by atoms with Crippen molar-refractivity contribution in [1.82, 2.24) is 0 Å². The normalized spacial score (nSPS) is 12.5. The molecule has 0 atom stereocenters. The van der Waals surface area contributed by atoms with Crippen LogP contribution in [0.5, 0.6) is 0 Å². The Morgan fingerprint density at radius 3 is 2.21 bits per heavy atom. The molecule has 0 fully saturated rings. The van der Waals surface area contributed by atoms with E-state index in [-0.39, 0.29) is 16.4 Å². The molecule has 98 valence electrons. The third-order valence-electron chi connectivity index (χ3n) is 2.86. The molecule has 0 saturated carbocycles. The third-order valence-corrected chi connectivity index (χ3v) is 2.86. The number of hydrogen-bond acceptors (Lipinski definition) is 1. The van der Waals surface area contributed by atoms with Gasteiger partial charge in [0.25, 0.3) is 0 Å². The molecule has 0 aliphatic heterocycles. The van der Waals surface area contributed by atoms with E-state index in [1.807, 2.05) is 0 Å². The second kappa shape index (κ2) is 3.69. The third kappa shape index (κ3) is 1.67. The molecule has 0 N–H and O–H groups in total. The van der Waals surface area contributed by atoms with Crippen molar-refractivity contribution in [3.05, 3.63) is 47.5 Å². The molecule has 0 bridgehead atoms. The van der Waals surface area contributed by atoms with Gasteiger partial charge in [0.05, 0.1) is 5.56 Å². The van der Waals surface area contributed by atoms with E-state index >= 15 is 0 Å². The lowest BCUT2D eigenvalue weighted by atomic mass is 10.1. The molecule has 0 radical (unpaired) electrons. The van der Waals surface area contributed by atoms with Crippen molar-refractivity contribution in [1.29, 1.82) is 0 Å². The molecule has 0 spiro atoms. The van der Waals surface area contributed by atoms with Crippen LogP contribution in [0.1, 0.15) is 5.56 Å². The van der Waals surface area contributed by atoms with Gasteiger partial charge in [0.15, 0.2) is 22.8 Å². The monoisotopic (exact) mass is 272 g/mol. The van der Waals surface area contributed by atoms with Gasteiger partial charge in [-0.2, -0.15) is 13.2 Å². The van der Waals surface area contributed by atoms with E-state index in [0.717, 1.165) is 12.1 Å². The second-order valence-electron chi connectivity index (χ2n) is 4.02. The van der Waals surface area contributed by atoms with E-state index in [1.165, 1.54) is 12.1 Å². The summed E-state index contributed by atoms with van der Waals surface area (Å²) in [7, 11) is 0. The Morgan fingerprint density at radius 2 is 1.53 bits per heavy atom. The van der Waals surface area contributed by atoms with Gasteiger partial charge in [-0.3, -0.25) is 0 Å². The van der Waals surface area contributed by atoms with Crippen molar-refractivity contribution in [3.63, 3.8) is 0 Å². The van der Waals surface area contributed by atoms with E-state index in [4.69, 9.17) is 4.42 Å². The summed E-state index contributed by atoms with van der Waals surface area (Å²) in [5.41, 5.74) is -2.27. The SMILES string of the molecule is Fc1cccc2c1oc1c(F)c(C(F)(F)F)ccc12. The van der Waals surface area contributed by atoms with Gasteiger partial charge < -0.3 is 4.42 Å². The van der Waals surface area contributed by atoms with Gasteiger partial charge >= 0.3 is 6.18 Å². The van der Waals surface area contributed by atoms with E-state index in [1.54, 1.807) is 0 Å². The Morgan fingerprint density at radius 1 is 0.842 bits per heavy atom. The lowest BCUT2D eigenvalue weighted by Gasteiger charge is -2.07. The summed E-state index contributed by atoms with van der Waals surface area (Å²) in [5, 5.41) is 0.350. The summed E-state index contributed by atoms with van der Waals surface area (Å²) in [6.45, 7) is 0. The average Bonchev–Trinajstić information content (AvgIpc) is 2.69. The fraction of sp³-hybridized carbons (Fsp3) is 0.0769. The maximum atomic E-state index is 13.8. The molecule has 0 unspecified atom stereocenters. The zero-order valence-corrected chi connectivity index (χ0v) is 9.18. The van der Waals surface area contributed by atoms with Crippen molar-refractivity contribution >= 4 is 21.9 Å². The highest BCUT2D eigenvalue weighted by Crippen LogP contribution is 2.38. The lowest BCUT2D eigenvalue weighted by Crippen LogP contribution is -2.07. The van der Waals surface area contributed by atoms with Gasteiger partial charge in [-0.15, -0.1) is 0 Å². The first kappa shape index (κ1) is 12.0. The number of alkyl halides is 3. The van der Waals surface area contributed by atoms with Gasteiger partial charge in [-0.1, -0.05) is 12.1 Å². The van der Waals surface area contributed by atoms with Gasteiger partial charge in [0.2, 0.25) is 0 Å². The number of furan rings is 1. The first-order chi connectivity index (χ1) is 8.89. The standard InChI is InChI=1S/C13H5F5O/c14-9-3-1-2-6-7-4-5-8(13(16,17)18)10(15)12(7)19-11(6)9/h1-5H. The molecule has 19 heavy (non-hydrogen) atoms. The van der Waals surface area contributed by atoms with E-state index in [9.17, 15) is 22.0 Å². The van der Waals surface area contributed by atoms with E-state index in [0.29, 0.717) is 6.07 Å². The summed E-state index contributed by atoms with van der Waals surface area (Å²) in [4.78, 5) is 0. The Bertz CT molecular complexity index is 785. The fourth-order valence-corrected chi connectivity index (χ4v) is 2.01. The summed E-state index contributed by atoms with van der Waals surface area (Å²) in [5.74, 6) is -2.28. The fourth-order valence-electron chi connectivity index (χ4n) is 2.01. The average molecular weight is 272 g/mol. The van der Waals surface area contributed by atoms with Crippen LogP contribution in [0.4, 0.5) is 22.0 Å². The number of benzene rings is 2. The molecule has 6 heteroatoms. The van der Waals surface area contributed by atoms with Gasteiger partial charge in [0, 0.05) is 10.8 Å². The number of rotatable bonds is 0. The van der Waals surface area contributed by atoms with Crippen LogP contribution in [0.2, 0.25) is 0 Å². The predicted molar refractivity (Wildman–Crippen MR) is 58.6 cm³/mol. The van der Waals surface area contributed by atoms with Gasteiger partial charge in [-0.25, -0.2) is 8.78 Å². The first-order valence-electron chi connectivity index (χ1n) is 5.26. The summed E-state index contributed by atoms with van der Waals surface area (Å²) >= 11 is 0. The van der Waals surface area contributed by atoms with Gasteiger partial charge in [0.1, 0.15) is 0 Å². The number of fused-ring (bicyclic) bond motifs is 3. The largest absolute Gasteiger partial charge is 0.450 e. The Kier molecular flexibility index (Phi) is 2.32. The van der Waals surface area contributed by atoms with Crippen molar-refractivity contribution in [2.45, 2.75) is 6.18 Å². The van der Waals surface area contributed by atoms with Crippen LogP contribution >= 0.6 is 0 Å². The molecule has 3 rings (SSSR count). The van der Waals surface area contributed by atoms with Crippen molar-refractivity contribution in [2.75, 3.05) is 0 Å². The van der Waals surface area contributed by atoms with E-state index in [2.05, 4.69) is 0 Å². The summed E-state index contributed by atoms with van der Waals surface area (Å²) < 4.78 is 69.8. The minimum atomic E-state index is -4.82. The van der Waals surface area contributed by atoms with Crippen LogP contribution in [0.3, 0.4) is 0 Å². The summed E-state index contributed by atoms with van der Waals surface area (Å²) in [6, 6.07) is 5.62. The van der Waals surface area contributed by atoms with Crippen molar-refractivity contribution < 1.29 is 26.4 Å². The van der Waals surface area contributed by atoms with Gasteiger partial charge in [-0.05, 0) is 18.2 Å². The summed E-state index contributed by atoms with van der Waals surface area (Å²) in [6.07, 6.45) is -4.82. The molecule has 0 aliphatic carbocycles. The highest BCUT2D eigenvalue weighted by Gasteiger charge is 2.35. The quantitative estimate of drug-likeness (QED) is 0.531. The van der Waals surface area contributed by atoms with Crippen LogP contribution in [0, 0.1) is 11.6 Å². The highest BCUT2D eigenvalue weighted by atomic mass is 19.4. The maximum Gasteiger partial charge on any atom is 0.419 e. The van der Waals surface area contributed by atoms with Crippen LogP contribution < -0.4 is 0 Å². The van der Waals surface area contributed by atoms with Crippen molar-refractivity contribution in [3.8, 4) is 0 Å². The molecular weight excluding hydrogens is 267 g/mol. The molecule has 1 nitrogen and oxygen atoms in total. The zero-order chi connectivity index (χ0) is 13.8. The Hall–Kier alpha value is -2.11. The minimum absolute atomic E-state index is 0.111. The topological polar surface area (TPSA) is 13.1 Å². The second-order valence-corrected chi connectivity index (χ2v) is 4.02. The highest BCUT2D eigenvalue weighted by molar-refractivity contribution is 6.05. The molecule has 2 aromatic carbocycles. The number of halogens is 5. The molecule has 0 amide bonds. The smallest absolute Gasteiger partial charge is 0.419 e. The minimum Gasteiger partial charge on any atom is -0.450 e. The Labute approximate surface area is 103 Å². The lowest BCUT2D eigenvalue weighted by molar-refractivity contribution is -0.139. The Balaban J connectivity index is 2.45. The molecular formula is C13H5F5O. The molecule has 1 aromatic heterocycles. The number of hydrogen-bond donors (Lipinski definition) is 0. The van der Waals surface area contributed by atoms with Crippen LogP contribution in [0.15, 0.2) is 34.7 Å². The van der Waals surface area contributed by atoms with Crippen LogP contribution in [-0.2, 0) is 6.18 Å². The molecule has 3 aromatic rings. The molecule has 0 saturated heterocycles. The van der Waals surface area contributed by atoms with E-state index < -0.39 is 29.0 Å². The first-order valence-corrected chi connectivity index (χ1v) is 5.26.